The highest BCUT2D eigenvalue weighted by molar-refractivity contribution is 5.31. The van der Waals surface area contributed by atoms with Crippen LogP contribution >= 0.6 is 0 Å². The first kappa shape index (κ1) is 15.1. The van der Waals surface area contributed by atoms with Gasteiger partial charge in [-0.05, 0) is 32.9 Å². The second-order valence-electron chi connectivity index (χ2n) is 5.65. The van der Waals surface area contributed by atoms with Gasteiger partial charge in [0.1, 0.15) is 0 Å². The monoisotopic (exact) mass is 280 g/mol. The number of hydrogen-bond donors (Lipinski definition) is 2. The second-order valence-corrected chi connectivity index (χ2v) is 5.65. The molecule has 0 spiro atoms. The minimum Gasteiger partial charge on any atom is -0.503 e. The van der Waals surface area contributed by atoms with Crippen LogP contribution in [0, 0.1) is 0 Å². The number of nitrogens with zero attached hydrogens (tertiary/aromatic N) is 2. The number of rotatable bonds is 7. The summed E-state index contributed by atoms with van der Waals surface area (Å²) in [7, 11) is 1.99. The van der Waals surface area contributed by atoms with E-state index in [1.807, 2.05) is 11.6 Å². The summed E-state index contributed by atoms with van der Waals surface area (Å²) < 4.78 is 1.96. The van der Waals surface area contributed by atoms with Crippen LogP contribution in [-0.4, -0.2) is 33.3 Å². The van der Waals surface area contributed by atoms with Crippen LogP contribution < -0.4 is 5.43 Å². The third-order valence-electron chi connectivity index (χ3n) is 3.79. The highest BCUT2D eigenvalue weighted by Crippen LogP contribution is 2.38. The molecular formula is C15H24N2O3. The molecule has 1 fully saturated rings. The Kier molecular flexibility index (Phi) is 4.83. The third kappa shape index (κ3) is 3.22. The summed E-state index contributed by atoms with van der Waals surface area (Å²) in [5.41, 5.74) is 0.849. The Morgan fingerprint density at radius 2 is 2.15 bits per heavy atom. The lowest BCUT2D eigenvalue weighted by molar-refractivity contribution is 0.261. The van der Waals surface area contributed by atoms with E-state index in [-0.39, 0.29) is 12.4 Å². The van der Waals surface area contributed by atoms with E-state index in [1.54, 1.807) is 0 Å². The summed E-state index contributed by atoms with van der Waals surface area (Å²) in [4.78, 5) is 13.9. The molecule has 1 aromatic rings. The first-order valence-electron chi connectivity index (χ1n) is 7.34. The molecule has 1 saturated carbocycles. The van der Waals surface area contributed by atoms with Gasteiger partial charge in [-0.25, -0.2) is 0 Å². The van der Waals surface area contributed by atoms with Crippen molar-refractivity contribution in [3.63, 3.8) is 0 Å². The fraction of sp³-hybridized carbons (Fsp3) is 0.667. The molecular weight excluding hydrogens is 256 g/mol. The van der Waals surface area contributed by atoms with Gasteiger partial charge in [-0.2, -0.15) is 0 Å². The van der Waals surface area contributed by atoms with Crippen molar-refractivity contribution in [2.75, 3.05) is 13.6 Å². The first-order chi connectivity index (χ1) is 9.58. The molecule has 112 valence electrons. The fourth-order valence-corrected chi connectivity index (χ4v) is 2.54. The van der Waals surface area contributed by atoms with Crippen LogP contribution in [0.2, 0.25) is 0 Å². The van der Waals surface area contributed by atoms with Crippen molar-refractivity contribution in [3.8, 4) is 5.75 Å². The van der Waals surface area contributed by atoms with Crippen LogP contribution in [0.15, 0.2) is 10.9 Å². The van der Waals surface area contributed by atoms with Gasteiger partial charge in [0.25, 0.3) is 0 Å². The average Bonchev–Trinajstić information content (AvgIpc) is 3.25. The van der Waals surface area contributed by atoms with Gasteiger partial charge in [0.15, 0.2) is 5.75 Å². The number of aliphatic hydroxyl groups excluding tert-OH is 1. The van der Waals surface area contributed by atoms with Crippen molar-refractivity contribution < 1.29 is 10.2 Å². The third-order valence-corrected chi connectivity index (χ3v) is 3.79. The Morgan fingerprint density at radius 3 is 2.70 bits per heavy atom. The average molecular weight is 280 g/mol. The zero-order valence-corrected chi connectivity index (χ0v) is 12.3. The van der Waals surface area contributed by atoms with E-state index in [9.17, 15) is 15.0 Å². The summed E-state index contributed by atoms with van der Waals surface area (Å²) in [6.45, 7) is 3.43. The van der Waals surface area contributed by atoms with Gasteiger partial charge in [0, 0.05) is 24.3 Å². The van der Waals surface area contributed by atoms with Crippen LogP contribution in [0.25, 0.3) is 0 Å². The van der Waals surface area contributed by atoms with Crippen molar-refractivity contribution in [1.82, 2.24) is 9.47 Å². The van der Waals surface area contributed by atoms with Gasteiger partial charge in [0.2, 0.25) is 5.43 Å². The van der Waals surface area contributed by atoms with E-state index in [2.05, 4.69) is 11.8 Å². The molecule has 1 aliphatic carbocycles. The standard InChI is InChI=1S/C15H24N2O3/c1-3-4-7-16(2)9-13-15(20)14(19)8-12(10-18)17(13)11-5-6-11/h8,11,18,20H,3-7,9-10H2,1-2H3. The number of hydrogen-bond acceptors (Lipinski definition) is 4. The predicted octanol–water partition coefficient (Wildman–Crippen LogP) is 1.61. The van der Waals surface area contributed by atoms with Crippen LogP contribution in [0.3, 0.4) is 0 Å². The molecule has 0 saturated heterocycles. The Balaban J connectivity index is 2.33. The summed E-state index contributed by atoms with van der Waals surface area (Å²) in [6.07, 6.45) is 4.29. The van der Waals surface area contributed by atoms with Crippen molar-refractivity contribution in [3.05, 3.63) is 27.7 Å². The van der Waals surface area contributed by atoms with Gasteiger partial charge >= 0.3 is 0 Å². The van der Waals surface area contributed by atoms with E-state index < -0.39 is 5.43 Å². The number of aromatic hydroxyl groups is 1. The summed E-state index contributed by atoms with van der Waals surface area (Å²) >= 11 is 0. The van der Waals surface area contributed by atoms with Gasteiger partial charge in [0.05, 0.1) is 12.3 Å². The number of aliphatic hydroxyl groups is 1. The molecule has 0 radical (unpaired) electrons. The maximum absolute atomic E-state index is 11.8. The fourth-order valence-electron chi connectivity index (χ4n) is 2.54. The smallest absolute Gasteiger partial charge is 0.223 e. The van der Waals surface area contributed by atoms with Crippen LogP contribution in [0.5, 0.6) is 5.75 Å². The zero-order chi connectivity index (χ0) is 14.7. The van der Waals surface area contributed by atoms with Crippen molar-refractivity contribution in [2.24, 2.45) is 0 Å². The number of pyridine rings is 1. The second kappa shape index (κ2) is 6.41. The van der Waals surface area contributed by atoms with Crippen LogP contribution in [-0.2, 0) is 13.2 Å². The van der Waals surface area contributed by atoms with Crippen molar-refractivity contribution >= 4 is 0 Å². The molecule has 1 heterocycles. The maximum atomic E-state index is 11.8. The molecule has 0 amide bonds. The quantitative estimate of drug-likeness (QED) is 0.796. The Labute approximate surface area is 119 Å². The van der Waals surface area contributed by atoms with Crippen molar-refractivity contribution in [2.45, 2.75) is 51.8 Å². The zero-order valence-electron chi connectivity index (χ0n) is 12.3. The van der Waals surface area contributed by atoms with Crippen LogP contribution in [0.1, 0.15) is 50.0 Å². The normalized spacial score (nSPS) is 15.0. The lowest BCUT2D eigenvalue weighted by Gasteiger charge is -2.23. The molecule has 2 rings (SSSR count). The SMILES string of the molecule is CCCCN(C)Cc1c(O)c(=O)cc(CO)n1C1CC1. The van der Waals surface area contributed by atoms with E-state index in [1.165, 1.54) is 6.07 Å². The molecule has 1 aromatic heterocycles. The molecule has 0 bridgehead atoms. The van der Waals surface area contributed by atoms with E-state index in [0.29, 0.717) is 24.0 Å². The maximum Gasteiger partial charge on any atom is 0.223 e. The Bertz CT molecular complexity index is 521. The molecule has 1 aliphatic rings. The topological polar surface area (TPSA) is 65.7 Å². The lowest BCUT2D eigenvalue weighted by Crippen LogP contribution is -2.25. The molecule has 20 heavy (non-hydrogen) atoms. The summed E-state index contributed by atoms with van der Waals surface area (Å²) in [5.74, 6) is -0.169. The van der Waals surface area contributed by atoms with E-state index in [0.717, 1.165) is 32.2 Å². The van der Waals surface area contributed by atoms with Gasteiger partial charge in [-0.1, -0.05) is 13.3 Å². The Morgan fingerprint density at radius 1 is 1.45 bits per heavy atom. The molecule has 5 heteroatoms. The highest BCUT2D eigenvalue weighted by atomic mass is 16.3. The Hall–Kier alpha value is -1.33. The number of aromatic nitrogens is 1. The molecule has 0 atom stereocenters. The molecule has 0 aliphatic heterocycles. The predicted molar refractivity (Wildman–Crippen MR) is 77.8 cm³/mol. The summed E-state index contributed by atoms with van der Waals surface area (Å²) in [6, 6.07) is 1.67. The number of unbranched alkanes of at least 4 members (excludes halogenated alkanes) is 1. The van der Waals surface area contributed by atoms with Gasteiger partial charge in [-0.3, -0.25) is 4.79 Å². The molecule has 2 N–H and O–H groups in total. The highest BCUT2D eigenvalue weighted by Gasteiger charge is 2.29. The molecule has 0 aromatic carbocycles. The minimum absolute atomic E-state index is 0.169. The lowest BCUT2D eigenvalue weighted by atomic mass is 10.2. The van der Waals surface area contributed by atoms with Gasteiger partial charge in [-0.15, -0.1) is 0 Å². The molecule has 0 unspecified atom stereocenters. The van der Waals surface area contributed by atoms with E-state index >= 15 is 0 Å². The van der Waals surface area contributed by atoms with Gasteiger partial charge < -0.3 is 19.7 Å². The largest absolute Gasteiger partial charge is 0.503 e. The van der Waals surface area contributed by atoms with Crippen molar-refractivity contribution in [1.29, 1.82) is 0 Å². The van der Waals surface area contributed by atoms with Crippen LogP contribution in [0.4, 0.5) is 0 Å². The minimum atomic E-state index is -0.398. The first-order valence-corrected chi connectivity index (χ1v) is 7.34. The molecule has 5 nitrogen and oxygen atoms in total. The van der Waals surface area contributed by atoms with E-state index in [4.69, 9.17) is 0 Å². The summed E-state index contributed by atoms with van der Waals surface area (Å²) in [5, 5.41) is 19.6.